The minimum atomic E-state index is -4.75. The van der Waals surface area contributed by atoms with E-state index in [2.05, 4.69) is 4.74 Å². The third kappa shape index (κ3) is 3.53. The highest BCUT2D eigenvalue weighted by Crippen LogP contribution is 2.31. The Morgan fingerprint density at radius 1 is 1.33 bits per heavy atom. The zero-order valence-corrected chi connectivity index (χ0v) is 10.3. The lowest BCUT2D eigenvalue weighted by atomic mass is 9.98. The van der Waals surface area contributed by atoms with Crippen molar-refractivity contribution < 1.29 is 22.7 Å². The van der Waals surface area contributed by atoms with Crippen molar-refractivity contribution in [2.75, 3.05) is 6.61 Å². The van der Waals surface area contributed by atoms with Crippen LogP contribution in [0.2, 0.25) is 0 Å². The van der Waals surface area contributed by atoms with Crippen LogP contribution in [0.4, 0.5) is 13.2 Å². The smallest absolute Gasteiger partial charge is 0.407 e. The van der Waals surface area contributed by atoms with E-state index in [4.69, 9.17) is 12.2 Å². The van der Waals surface area contributed by atoms with Gasteiger partial charge in [0, 0.05) is 4.86 Å². The molecule has 0 radical (unpaired) electrons. The normalized spacial score (nSPS) is 12.9. The molecule has 0 saturated heterocycles. The Balaban J connectivity index is 3.05. The number of alkyl halides is 3. The fraction of sp³-hybridized carbons (Fsp3) is 0.333. The van der Waals surface area contributed by atoms with Crippen molar-refractivity contribution in [2.24, 2.45) is 5.92 Å². The van der Waals surface area contributed by atoms with Gasteiger partial charge in [-0.15, -0.1) is 0 Å². The monoisotopic (exact) mass is 276 g/mol. The van der Waals surface area contributed by atoms with E-state index in [0.29, 0.717) is 0 Å². The highest BCUT2D eigenvalue weighted by molar-refractivity contribution is 7.81. The lowest BCUT2D eigenvalue weighted by Crippen LogP contribution is -2.38. The molecule has 0 aliphatic heterocycles. The van der Waals surface area contributed by atoms with Gasteiger partial charge >= 0.3 is 12.1 Å². The standard InChI is InChI=1S/C12H11F3O2S/c1-2-17-11(16)9(12(13,14)15)10(18)8-6-4-3-5-7-8/h3-7,9H,2H2,1H3. The van der Waals surface area contributed by atoms with Gasteiger partial charge in [-0.05, 0) is 12.5 Å². The fourth-order valence-electron chi connectivity index (χ4n) is 1.38. The van der Waals surface area contributed by atoms with Gasteiger partial charge in [0.05, 0.1) is 6.61 Å². The van der Waals surface area contributed by atoms with Gasteiger partial charge in [-0.1, -0.05) is 42.5 Å². The van der Waals surface area contributed by atoms with Crippen LogP contribution in [0.5, 0.6) is 0 Å². The third-order valence-electron chi connectivity index (χ3n) is 2.17. The molecule has 0 saturated carbocycles. The average molecular weight is 276 g/mol. The van der Waals surface area contributed by atoms with Crippen LogP contribution in [-0.4, -0.2) is 23.6 Å². The summed E-state index contributed by atoms with van der Waals surface area (Å²) in [6.45, 7) is 1.32. The van der Waals surface area contributed by atoms with E-state index in [1.54, 1.807) is 18.2 Å². The number of hydrogen-bond acceptors (Lipinski definition) is 3. The van der Waals surface area contributed by atoms with Crippen molar-refractivity contribution in [1.29, 1.82) is 0 Å². The maximum absolute atomic E-state index is 12.8. The van der Waals surface area contributed by atoms with Crippen molar-refractivity contribution >= 4 is 23.1 Å². The fourth-order valence-corrected chi connectivity index (χ4v) is 1.75. The van der Waals surface area contributed by atoms with Gasteiger partial charge in [-0.3, -0.25) is 4.79 Å². The highest BCUT2D eigenvalue weighted by atomic mass is 32.1. The van der Waals surface area contributed by atoms with Gasteiger partial charge in [0.15, 0.2) is 5.92 Å². The molecule has 0 spiro atoms. The Hall–Kier alpha value is -1.43. The molecule has 0 aliphatic carbocycles. The molecular weight excluding hydrogens is 265 g/mol. The molecule has 1 unspecified atom stereocenters. The van der Waals surface area contributed by atoms with E-state index >= 15 is 0 Å². The Morgan fingerprint density at radius 3 is 2.33 bits per heavy atom. The van der Waals surface area contributed by atoms with Gasteiger partial charge in [0.25, 0.3) is 0 Å². The van der Waals surface area contributed by atoms with Crippen molar-refractivity contribution in [1.82, 2.24) is 0 Å². The molecule has 1 atom stereocenters. The highest BCUT2D eigenvalue weighted by Gasteiger charge is 2.48. The van der Waals surface area contributed by atoms with Gasteiger partial charge in [0.1, 0.15) is 0 Å². The van der Waals surface area contributed by atoms with Crippen LogP contribution in [0, 0.1) is 5.92 Å². The molecule has 0 bridgehead atoms. The molecule has 6 heteroatoms. The van der Waals surface area contributed by atoms with Gasteiger partial charge < -0.3 is 4.74 Å². The minimum Gasteiger partial charge on any atom is -0.465 e. The lowest BCUT2D eigenvalue weighted by Gasteiger charge is -2.19. The maximum Gasteiger partial charge on any atom is 0.407 e. The Labute approximate surface area is 108 Å². The third-order valence-corrected chi connectivity index (χ3v) is 2.64. The zero-order chi connectivity index (χ0) is 13.8. The molecule has 2 nitrogen and oxygen atoms in total. The Kier molecular flexibility index (Phi) is 4.84. The summed E-state index contributed by atoms with van der Waals surface area (Å²) in [6.07, 6.45) is -4.75. The van der Waals surface area contributed by atoms with Crippen LogP contribution in [0.25, 0.3) is 0 Å². The SMILES string of the molecule is CCOC(=O)C(C(=S)c1ccccc1)C(F)(F)F. The largest absolute Gasteiger partial charge is 0.465 e. The molecule has 0 aliphatic rings. The van der Waals surface area contributed by atoms with Crippen LogP contribution in [0.3, 0.4) is 0 Å². The maximum atomic E-state index is 12.8. The molecule has 98 valence electrons. The first-order chi connectivity index (χ1) is 8.38. The summed E-state index contributed by atoms with van der Waals surface area (Å²) in [5.41, 5.74) is 0.197. The Bertz CT molecular complexity index is 429. The average Bonchev–Trinajstić information content (AvgIpc) is 2.28. The summed E-state index contributed by atoms with van der Waals surface area (Å²) in [4.78, 5) is 10.9. The summed E-state index contributed by atoms with van der Waals surface area (Å²) < 4.78 is 43.0. The van der Waals surface area contributed by atoms with Crippen LogP contribution >= 0.6 is 12.2 Å². The number of rotatable bonds is 4. The van der Waals surface area contributed by atoms with Crippen LogP contribution < -0.4 is 0 Å². The van der Waals surface area contributed by atoms with E-state index < -0.39 is 22.9 Å². The molecule has 0 heterocycles. The van der Waals surface area contributed by atoms with E-state index in [-0.39, 0.29) is 12.2 Å². The number of thiocarbonyl (C=S) groups is 1. The second-order valence-corrected chi connectivity index (χ2v) is 3.90. The minimum absolute atomic E-state index is 0.122. The molecule has 18 heavy (non-hydrogen) atoms. The van der Waals surface area contributed by atoms with E-state index in [0.717, 1.165) is 0 Å². The van der Waals surface area contributed by atoms with E-state index in [1.807, 2.05) is 0 Å². The van der Waals surface area contributed by atoms with Gasteiger partial charge in [0.2, 0.25) is 0 Å². The van der Waals surface area contributed by atoms with Gasteiger partial charge in [-0.2, -0.15) is 13.2 Å². The second kappa shape index (κ2) is 5.95. The second-order valence-electron chi connectivity index (χ2n) is 3.46. The summed E-state index contributed by atoms with van der Waals surface area (Å²) in [6, 6.07) is 7.63. The molecule has 0 N–H and O–H groups in total. The summed E-state index contributed by atoms with van der Waals surface area (Å²) in [5, 5.41) is 0. The number of benzene rings is 1. The first-order valence-corrected chi connectivity index (χ1v) is 5.61. The number of carbonyl (C=O) groups is 1. The first kappa shape index (κ1) is 14.6. The molecule has 0 amide bonds. The molecule has 0 fully saturated rings. The molecular formula is C12H11F3O2S. The predicted octanol–water partition coefficient (Wildman–Crippen LogP) is 3.15. The van der Waals surface area contributed by atoms with E-state index in [1.165, 1.54) is 19.1 Å². The van der Waals surface area contributed by atoms with Crippen LogP contribution in [0.1, 0.15) is 12.5 Å². The van der Waals surface area contributed by atoms with E-state index in [9.17, 15) is 18.0 Å². The summed E-state index contributed by atoms with van der Waals surface area (Å²) in [5.74, 6) is -3.76. The number of hydrogen-bond donors (Lipinski definition) is 0. The van der Waals surface area contributed by atoms with Crippen LogP contribution in [-0.2, 0) is 9.53 Å². The first-order valence-electron chi connectivity index (χ1n) is 5.20. The molecule has 1 aromatic rings. The van der Waals surface area contributed by atoms with Crippen molar-refractivity contribution in [3.05, 3.63) is 35.9 Å². The zero-order valence-electron chi connectivity index (χ0n) is 9.53. The quantitative estimate of drug-likeness (QED) is 0.480. The lowest BCUT2D eigenvalue weighted by molar-refractivity contribution is -0.183. The number of ether oxygens (including phenoxy) is 1. The summed E-state index contributed by atoms with van der Waals surface area (Å²) >= 11 is 4.76. The molecule has 1 aromatic carbocycles. The predicted molar refractivity (Wildman–Crippen MR) is 64.3 cm³/mol. The number of halogens is 3. The van der Waals surface area contributed by atoms with Crippen molar-refractivity contribution in [2.45, 2.75) is 13.1 Å². The number of esters is 1. The van der Waals surface area contributed by atoms with Gasteiger partial charge in [-0.25, -0.2) is 0 Å². The molecule has 0 aromatic heterocycles. The van der Waals surface area contributed by atoms with Crippen LogP contribution in [0.15, 0.2) is 30.3 Å². The Morgan fingerprint density at radius 2 is 1.89 bits per heavy atom. The van der Waals surface area contributed by atoms with Crippen molar-refractivity contribution in [3.63, 3.8) is 0 Å². The summed E-state index contributed by atoms with van der Waals surface area (Å²) in [7, 11) is 0. The number of carbonyl (C=O) groups excluding carboxylic acids is 1. The topological polar surface area (TPSA) is 26.3 Å². The van der Waals surface area contributed by atoms with Crippen molar-refractivity contribution in [3.8, 4) is 0 Å². The molecule has 1 rings (SSSR count).